The smallest absolute Gasteiger partial charge is 0.273 e. The van der Waals surface area contributed by atoms with Crippen LogP contribution in [0.1, 0.15) is 6.42 Å². The van der Waals surface area contributed by atoms with Gasteiger partial charge in [-0.25, -0.2) is 0 Å². The van der Waals surface area contributed by atoms with Crippen LogP contribution in [0.5, 0.6) is 5.75 Å². The predicted octanol–water partition coefficient (Wildman–Crippen LogP) is 3.20. The highest BCUT2D eigenvalue weighted by molar-refractivity contribution is 14.1. The lowest BCUT2D eigenvalue weighted by Crippen LogP contribution is -2.28. The number of rotatable bonds is 5. The molecule has 1 fully saturated rings. The number of nitrogens with one attached hydrogen (secondary N) is 1. The Morgan fingerprint density at radius 3 is 2.63 bits per heavy atom. The molecule has 2 aromatic carbocycles. The largest absolute Gasteiger partial charge is 0.494 e. The molecule has 1 heterocycles. The van der Waals surface area contributed by atoms with Crippen LogP contribution in [-0.4, -0.2) is 30.4 Å². The summed E-state index contributed by atoms with van der Waals surface area (Å²) in [5, 5.41) is 13.7. The van der Waals surface area contributed by atoms with Crippen molar-refractivity contribution >= 4 is 51.5 Å². The Kier molecular flexibility index (Phi) is 5.59. The maximum atomic E-state index is 12.5. The Bertz CT molecular complexity index is 900. The van der Waals surface area contributed by atoms with Crippen molar-refractivity contribution in [3.63, 3.8) is 0 Å². The van der Waals surface area contributed by atoms with Crippen LogP contribution < -0.4 is 15.0 Å². The molecule has 0 radical (unpaired) electrons. The van der Waals surface area contributed by atoms with E-state index < -0.39 is 10.8 Å². The van der Waals surface area contributed by atoms with E-state index in [1.807, 2.05) is 12.1 Å². The van der Waals surface area contributed by atoms with Crippen molar-refractivity contribution in [1.82, 2.24) is 0 Å². The molecule has 140 valence electrons. The second-order valence-corrected chi connectivity index (χ2v) is 7.26. The SMILES string of the molecule is COc1cc([N+](=O)[O-])ccc1N1C[C@@H](C(=O)Nc2ccc(I)cc2)CC1=O. The third-order valence-corrected chi connectivity index (χ3v) is 4.99. The Labute approximate surface area is 168 Å². The van der Waals surface area contributed by atoms with Gasteiger partial charge in [-0.05, 0) is 52.9 Å². The van der Waals surface area contributed by atoms with Gasteiger partial charge in [0.1, 0.15) is 5.75 Å². The van der Waals surface area contributed by atoms with Gasteiger partial charge in [-0.15, -0.1) is 0 Å². The molecule has 2 amide bonds. The Morgan fingerprint density at radius 1 is 1.30 bits per heavy atom. The summed E-state index contributed by atoms with van der Waals surface area (Å²) in [4.78, 5) is 36.8. The Balaban J connectivity index is 1.76. The highest BCUT2D eigenvalue weighted by Gasteiger charge is 2.36. The van der Waals surface area contributed by atoms with Gasteiger partial charge < -0.3 is 15.0 Å². The molecule has 27 heavy (non-hydrogen) atoms. The highest BCUT2D eigenvalue weighted by atomic mass is 127. The highest BCUT2D eigenvalue weighted by Crippen LogP contribution is 2.36. The van der Waals surface area contributed by atoms with E-state index in [1.165, 1.54) is 30.2 Å². The molecule has 0 spiro atoms. The predicted molar refractivity (Wildman–Crippen MR) is 108 cm³/mol. The number of nitrogens with zero attached hydrogens (tertiary/aromatic N) is 2. The Morgan fingerprint density at radius 2 is 2.00 bits per heavy atom. The van der Waals surface area contributed by atoms with E-state index in [2.05, 4.69) is 27.9 Å². The number of anilines is 2. The fraction of sp³-hybridized carbons (Fsp3) is 0.222. The fourth-order valence-electron chi connectivity index (χ4n) is 2.90. The van der Waals surface area contributed by atoms with Gasteiger partial charge in [0, 0.05) is 28.3 Å². The first-order chi connectivity index (χ1) is 12.9. The second-order valence-electron chi connectivity index (χ2n) is 6.01. The van der Waals surface area contributed by atoms with E-state index in [4.69, 9.17) is 4.74 Å². The van der Waals surface area contributed by atoms with Crippen LogP contribution >= 0.6 is 22.6 Å². The number of hydrogen-bond donors (Lipinski definition) is 1. The van der Waals surface area contributed by atoms with Crippen LogP contribution in [-0.2, 0) is 9.59 Å². The van der Waals surface area contributed by atoms with E-state index >= 15 is 0 Å². The summed E-state index contributed by atoms with van der Waals surface area (Å²) in [5.41, 5.74) is 0.951. The first kappa shape index (κ1) is 19.1. The average Bonchev–Trinajstić information content (AvgIpc) is 3.04. The zero-order chi connectivity index (χ0) is 19.6. The van der Waals surface area contributed by atoms with Crippen molar-refractivity contribution in [1.29, 1.82) is 0 Å². The number of benzene rings is 2. The molecule has 0 aliphatic carbocycles. The van der Waals surface area contributed by atoms with Crippen molar-refractivity contribution in [2.45, 2.75) is 6.42 Å². The molecule has 1 aliphatic heterocycles. The van der Waals surface area contributed by atoms with Gasteiger partial charge in [-0.1, -0.05) is 0 Å². The molecule has 2 aromatic rings. The molecule has 8 nitrogen and oxygen atoms in total. The van der Waals surface area contributed by atoms with Gasteiger partial charge in [0.15, 0.2) is 0 Å². The Hall–Kier alpha value is -2.69. The third kappa shape index (κ3) is 4.18. The van der Waals surface area contributed by atoms with Gasteiger partial charge >= 0.3 is 0 Å². The minimum atomic E-state index is -0.532. The molecule has 0 unspecified atom stereocenters. The van der Waals surface area contributed by atoms with Gasteiger partial charge in [-0.3, -0.25) is 19.7 Å². The lowest BCUT2D eigenvalue weighted by atomic mass is 10.1. The molecular weight excluding hydrogens is 465 g/mol. The van der Waals surface area contributed by atoms with Crippen LogP contribution in [0.3, 0.4) is 0 Å². The minimum absolute atomic E-state index is 0.0658. The fourth-order valence-corrected chi connectivity index (χ4v) is 3.26. The molecule has 3 rings (SSSR count). The standard InChI is InChI=1S/C18H16IN3O5/c1-27-16-9-14(22(25)26)6-7-15(16)21-10-11(8-17(21)23)18(24)20-13-4-2-12(19)3-5-13/h2-7,9,11H,8,10H2,1H3,(H,20,24)/t11-/m0/s1. The summed E-state index contributed by atoms with van der Waals surface area (Å²) in [6, 6.07) is 11.4. The lowest BCUT2D eigenvalue weighted by molar-refractivity contribution is -0.384. The first-order valence-corrected chi connectivity index (χ1v) is 9.16. The van der Waals surface area contributed by atoms with Crippen LogP contribution in [0, 0.1) is 19.6 Å². The molecule has 1 N–H and O–H groups in total. The summed E-state index contributed by atoms with van der Waals surface area (Å²) in [6.07, 6.45) is 0.0658. The van der Waals surface area contributed by atoms with Crippen molar-refractivity contribution in [3.8, 4) is 5.75 Å². The van der Waals surface area contributed by atoms with Gasteiger partial charge in [0.2, 0.25) is 11.8 Å². The number of amides is 2. The number of carbonyl (C=O) groups excluding carboxylic acids is 2. The van der Waals surface area contributed by atoms with Crippen LogP contribution in [0.4, 0.5) is 17.1 Å². The zero-order valence-corrected chi connectivity index (χ0v) is 16.5. The number of ether oxygens (including phenoxy) is 1. The number of nitro benzene ring substituents is 1. The normalized spacial score (nSPS) is 16.3. The maximum Gasteiger partial charge on any atom is 0.273 e. The number of halogens is 1. The van der Waals surface area contributed by atoms with Gasteiger partial charge in [0.05, 0.1) is 29.7 Å². The number of carbonyl (C=O) groups is 2. The summed E-state index contributed by atoms with van der Waals surface area (Å²) < 4.78 is 6.25. The number of nitro groups is 1. The van der Waals surface area contributed by atoms with Crippen LogP contribution in [0.15, 0.2) is 42.5 Å². The molecule has 9 heteroatoms. The van der Waals surface area contributed by atoms with Crippen LogP contribution in [0.2, 0.25) is 0 Å². The molecular formula is C18H16IN3O5. The van der Waals surface area contributed by atoms with E-state index in [1.54, 1.807) is 12.1 Å². The third-order valence-electron chi connectivity index (χ3n) is 4.27. The van der Waals surface area contributed by atoms with Crippen LogP contribution in [0.25, 0.3) is 0 Å². The molecule has 0 aromatic heterocycles. The average molecular weight is 481 g/mol. The topological polar surface area (TPSA) is 102 Å². The van der Waals surface area contributed by atoms with Gasteiger partial charge in [0.25, 0.3) is 5.69 Å². The molecule has 1 atom stereocenters. The number of methoxy groups -OCH3 is 1. The summed E-state index contributed by atoms with van der Waals surface area (Å²) in [6.45, 7) is 0.184. The van der Waals surface area contributed by atoms with E-state index in [0.29, 0.717) is 11.4 Å². The van der Waals surface area contributed by atoms with Crippen molar-refractivity contribution in [2.75, 3.05) is 23.9 Å². The number of non-ortho nitro benzene ring substituents is 1. The first-order valence-electron chi connectivity index (χ1n) is 8.08. The second kappa shape index (κ2) is 7.91. The van der Waals surface area contributed by atoms with Gasteiger partial charge in [-0.2, -0.15) is 0 Å². The van der Waals surface area contributed by atoms with E-state index in [0.717, 1.165) is 3.57 Å². The molecule has 1 saturated heterocycles. The van der Waals surface area contributed by atoms with Crippen molar-refractivity contribution in [3.05, 3.63) is 56.1 Å². The summed E-state index contributed by atoms with van der Waals surface area (Å²) >= 11 is 2.17. The monoisotopic (exact) mass is 481 g/mol. The molecule has 1 aliphatic rings. The summed E-state index contributed by atoms with van der Waals surface area (Å²) in [5.74, 6) is -0.772. The summed E-state index contributed by atoms with van der Waals surface area (Å²) in [7, 11) is 1.38. The lowest BCUT2D eigenvalue weighted by Gasteiger charge is -2.19. The quantitative estimate of drug-likeness (QED) is 0.402. The zero-order valence-electron chi connectivity index (χ0n) is 14.3. The molecule has 0 saturated carbocycles. The molecule has 0 bridgehead atoms. The van der Waals surface area contributed by atoms with Crippen molar-refractivity contribution < 1.29 is 19.2 Å². The van der Waals surface area contributed by atoms with E-state index in [-0.39, 0.29) is 36.2 Å². The number of hydrogen-bond acceptors (Lipinski definition) is 5. The minimum Gasteiger partial charge on any atom is -0.494 e. The van der Waals surface area contributed by atoms with E-state index in [9.17, 15) is 19.7 Å². The van der Waals surface area contributed by atoms with Crippen molar-refractivity contribution in [2.24, 2.45) is 5.92 Å². The maximum absolute atomic E-state index is 12.5.